The van der Waals surface area contributed by atoms with Crippen LogP contribution in [0.2, 0.25) is 0 Å². The van der Waals surface area contributed by atoms with Gasteiger partial charge in [-0.3, -0.25) is 4.79 Å². The summed E-state index contributed by atoms with van der Waals surface area (Å²) < 4.78 is 5.24. The SMILES string of the molecule is CC(CC(N)=O)NC1CN(C(=O)OC(C)(C)C)C1. The van der Waals surface area contributed by atoms with Gasteiger partial charge in [0.2, 0.25) is 5.91 Å². The molecule has 1 heterocycles. The molecule has 104 valence electrons. The molecule has 1 fully saturated rings. The van der Waals surface area contributed by atoms with Gasteiger partial charge in [-0.15, -0.1) is 0 Å². The van der Waals surface area contributed by atoms with Gasteiger partial charge in [-0.2, -0.15) is 0 Å². The van der Waals surface area contributed by atoms with Crippen LogP contribution in [0.15, 0.2) is 0 Å². The van der Waals surface area contributed by atoms with E-state index >= 15 is 0 Å². The molecule has 0 aromatic rings. The Morgan fingerprint density at radius 1 is 1.44 bits per heavy atom. The number of nitrogens with one attached hydrogen (secondary N) is 1. The first kappa shape index (κ1) is 14.8. The minimum absolute atomic E-state index is 0.0355. The summed E-state index contributed by atoms with van der Waals surface area (Å²) in [6.45, 7) is 8.65. The van der Waals surface area contributed by atoms with Crippen molar-refractivity contribution < 1.29 is 14.3 Å². The van der Waals surface area contributed by atoms with Gasteiger partial charge in [0.15, 0.2) is 0 Å². The van der Waals surface area contributed by atoms with Crippen LogP contribution < -0.4 is 11.1 Å². The Kier molecular flexibility index (Phi) is 4.56. The molecule has 1 unspecified atom stereocenters. The Labute approximate surface area is 108 Å². The van der Waals surface area contributed by atoms with Crippen LogP contribution in [0.5, 0.6) is 0 Å². The Morgan fingerprint density at radius 3 is 2.44 bits per heavy atom. The average Bonchev–Trinajstić information content (AvgIpc) is 2.05. The van der Waals surface area contributed by atoms with Gasteiger partial charge in [0, 0.05) is 31.6 Å². The van der Waals surface area contributed by atoms with Crippen molar-refractivity contribution in [1.82, 2.24) is 10.2 Å². The summed E-state index contributed by atoms with van der Waals surface area (Å²) in [5.74, 6) is -0.321. The van der Waals surface area contributed by atoms with Crippen molar-refractivity contribution in [2.45, 2.75) is 51.8 Å². The summed E-state index contributed by atoms with van der Waals surface area (Å²) in [6, 6.07) is 0.250. The molecule has 0 aromatic heterocycles. The van der Waals surface area contributed by atoms with E-state index in [0.29, 0.717) is 19.5 Å². The van der Waals surface area contributed by atoms with E-state index in [1.165, 1.54) is 0 Å². The fraction of sp³-hybridized carbons (Fsp3) is 0.833. The van der Waals surface area contributed by atoms with Crippen molar-refractivity contribution in [3.63, 3.8) is 0 Å². The first-order valence-electron chi connectivity index (χ1n) is 6.19. The minimum Gasteiger partial charge on any atom is -0.444 e. The number of nitrogens with zero attached hydrogens (tertiary/aromatic N) is 1. The van der Waals surface area contributed by atoms with Crippen molar-refractivity contribution in [3.05, 3.63) is 0 Å². The number of primary amides is 1. The predicted molar refractivity (Wildman–Crippen MR) is 68.0 cm³/mol. The van der Waals surface area contributed by atoms with Crippen molar-refractivity contribution in [2.24, 2.45) is 5.73 Å². The van der Waals surface area contributed by atoms with E-state index in [-0.39, 0.29) is 24.1 Å². The molecule has 0 saturated carbocycles. The summed E-state index contributed by atoms with van der Waals surface area (Å²) >= 11 is 0. The number of hydrogen-bond donors (Lipinski definition) is 2. The Morgan fingerprint density at radius 2 is 2.00 bits per heavy atom. The molecular weight excluding hydrogens is 234 g/mol. The van der Waals surface area contributed by atoms with Crippen LogP contribution in [-0.2, 0) is 9.53 Å². The molecule has 2 amide bonds. The molecule has 1 saturated heterocycles. The van der Waals surface area contributed by atoms with Gasteiger partial charge in [0.05, 0.1) is 0 Å². The van der Waals surface area contributed by atoms with Crippen LogP contribution >= 0.6 is 0 Å². The van der Waals surface area contributed by atoms with Crippen LogP contribution in [0.1, 0.15) is 34.1 Å². The van der Waals surface area contributed by atoms with Gasteiger partial charge < -0.3 is 20.7 Å². The van der Waals surface area contributed by atoms with Crippen LogP contribution in [-0.4, -0.2) is 47.7 Å². The van der Waals surface area contributed by atoms with Crippen molar-refractivity contribution in [3.8, 4) is 0 Å². The number of hydrogen-bond acceptors (Lipinski definition) is 4. The number of carbonyl (C=O) groups is 2. The highest BCUT2D eigenvalue weighted by molar-refractivity contribution is 5.74. The van der Waals surface area contributed by atoms with Crippen molar-refractivity contribution in [2.75, 3.05) is 13.1 Å². The zero-order valence-corrected chi connectivity index (χ0v) is 11.5. The Balaban J connectivity index is 2.23. The Hall–Kier alpha value is -1.30. The topological polar surface area (TPSA) is 84.7 Å². The third-order valence-corrected chi connectivity index (χ3v) is 2.56. The molecule has 1 aliphatic rings. The van der Waals surface area contributed by atoms with Gasteiger partial charge in [0.1, 0.15) is 5.60 Å². The second-order valence-corrected chi connectivity index (χ2v) is 5.82. The minimum atomic E-state index is -0.463. The van der Waals surface area contributed by atoms with Gasteiger partial charge in [-0.1, -0.05) is 0 Å². The zero-order chi connectivity index (χ0) is 13.9. The largest absolute Gasteiger partial charge is 0.444 e. The lowest BCUT2D eigenvalue weighted by molar-refractivity contribution is -0.118. The van der Waals surface area contributed by atoms with Crippen LogP contribution in [0, 0.1) is 0 Å². The molecule has 1 rings (SSSR count). The molecular formula is C12H23N3O3. The normalized spacial score (nSPS) is 18.1. The summed E-state index contributed by atoms with van der Waals surface area (Å²) in [4.78, 5) is 24.0. The lowest BCUT2D eigenvalue weighted by Crippen LogP contribution is -2.62. The molecule has 0 bridgehead atoms. The molecule has 0 spiro atoms. The molecule has 6 nitrogen and oxygen atoms in total. The molecule has 1 aliphatic heterocycles. The van der Waals surface area contributed by atoms with Crippen molar-refractivity contribution in [1.29, 1.82) is 0 Å². The van der Waals surface area contributed by atoms with Crippen LogP contribution in [0.25, 0.3) is 0 Å². The summed E-state index contributed by atoms with van der Waals surface area (Å²) in [6.07, 6.45) is 0.0197. The van der Waals surface area contributed by atoms with Crippen LogP contribution in [0.3, 0.4) is 0 Å². The quantitative estimate of drug-likeness (QED) is 0.766. The third-order valence-electron chi connectivity index (χ3n) is 2.56. The van der Waals surface area contributed by atoms with E-state index in [0.717, 1.165) is 0 Å². The van der Waals surface area contributed by atoms with Gasteiger partial charge in [-0.25, -0.2) is 4.79 Å². The molecule has 18 heavy (non-hydrogen) atoms. The summed E-state index contributed by atoms with van der Waals surface area (Å²) in [5, 5.41) is 3.25. The molecule has 0 radical (unpaired) electrons. The predicted octanol–water partition coefficient (Wildman–Crippen LogP) is 0.459. The maximum Gasteiger partial charge on any atom is 0.410 e. The van der Waals surface area contributed by atoms with Crippen LogP contribution in [0.4, 0.5) is 4.79 Å². The fourth-order valence-electron chi connectivity index (χ4n) is 1.82. The van der Waals surface area contributed by atoms with Gasteiger partial charge in [-0.05, 0) is 27.7 Å². The van der Waals surface area contributed by atoms with E-state index < -0.39 is 5.60 Å². The summed E-state index contributed by atoms with van der Waals surface area (Å²) in [7, 11) is 0. The van der Waals surface area contributed by atoms with E-state index in [2.05, 4.69) is 5.32 Å². The summed E-state index contributed by atoms with van der Waals surface area (Å²) in [5.41, 5.74) is 4.65. The van der Waals surface area contributed by atoms with E-state index in [4.69, 9.17) is 10.5 Å². The Bertz CT molecular complexity index is 319. The molecule has 6 heteroatoms. The highest BCUT2D eigenvalue weighted by Gasteiger charge is 2.34. The number of carbonyl (C=O) groups excluding carboxylic acids is 2. The fourth-order valence-corrected chi connectivity index (χ4v) is 1.82. The number of amides is 2. The maximum absolute atomic E-state index is 11.7. The van der Waals surface area contributed by atoms with E-state index in [1.54, 1.807) is 4.90 Å². The first-order chi connectivity index (χ1) is 8.17. The maximum atomic E-state index is 11.7. The number of likely N-dealkylation sites (tertiary alicyclic amines) is 1. The van der Waals surface area contributed by atoms with E-state index in [1.807, 2.05) is 27.7 Å². The monoisotopic (exact) mass is 257 g/mol. The second-order valence-electron chi connectivity index (χ2n) is 5.82. The molecule has 0 aliphatic carbocycles. The zero-order valence-electron chi connectivity index (χ0n) is 11.5. The smallest absolute Gasteiger partial charge is 0.410 e. The van der Waals surface area contributed by atoms with Crippen molar-refractivity contribution >= 4 is 12.0 Å². The molecule has 3 N–H and O–H groups in total. The number of nitrogens with two attached hydrogens (primary N) is 1. The standard InChI is InChI=1S/C12H23N3O3/c1-8(5-10(13)16)14-9-6-15(7-9)11(17)18-12(2,3)4/h8-9,14H,5-7H2,1-4H3,(H2,13,16). The average molecular weight is 257 g/mol. The van der Waals surface area contributed by atoms with Gasteiger partial charge in [0.25, 0.3) is 0 Å². The second kappa shape index (κ2) is 5.56. The highest BCUT2D eigenvalue weighted by atomic mass is 16.6. The van der Waals surface area contributed by atoms with E-state index in [9.17, 15) is 9.59 Å². The molecule has 0 aromatic carbocycles. The van der Waals surface area contributed by atoms with Gasteiger partial charge >= 0.3 is 6.09 Å². The third kappa shape index (κ3) is 4.91. The lowest BCUT2D eigenvalue weighted by Gasteiger charge is -2.41. The first-order valence-corrected chi connectivity index (χ1v) is 6.19. The number of rotatable bonds is 4. The highest BCUT2D eigenvalue weighted by Crippen LogP contribution is 2.15. The lowest BCUT2D eigenvalue weighted by atomic mass is 10.1. The molecule has 1 atom stereocenters. The number of ether oxygens (including phenoxy) is 1.